The molecule has 1 saturated heterocycles. The molecule has 6 heteroatoms. The Balaban J connectivity index is 2.28. The van der Waals surface area contributed by atoms with Gasteiger partial charge in [-0.3, -0.25) is 4.79 Å². The Kier molecular flexibility index (Phi) is 3.06. The quantitative estimate of drug-likeness (QED) is 0.809. The molecule has 1 amide bonds. The number of alkyl halides is 3. The molecule has 0 aromatic heterocycles. The highest BCUT2D eigenvalue weighted by atomic mass is 19.4. The average Bonchev–Trinajstić information content (AvgIpc) is 2.27. The molecule has 98 valence electrons. The Morgan fingerprint density at radius 1 is 1.28 bits per heavy atom. The fraction of sp³-hybridized carbons (Fsp3) is 0.417. The molecule has 1 heterocycles. The van der Waals surface area contributed by atoms with E-state index in [0.29, 0.717) is 5.56 Å². The maximum absolute atomic E-state index is 12.7. The predicted molar refractivity (Wildman–Crippen MR) is 57.6 cm³/mol. The Hall–Kier alpha value is -1.56. The number of nitrogens with one attached hydrogen (secondary N) is 1. The summed E-state index contributed by atoms with van der Waals surface area (Å²) in [6.07, 6.45) is -5.50. The van der Waals surface area contributed by atoms with Crippen LogP contribution in [0.5, 0.6) is 0 Å². The number of rotatable bonds is 1. The van der Waals surface area contributed by atoms with Crippen molar-refractivity contribution >= 4 is 5.91 Å². The minimum atomic E-state index is -4.88. The SMILES string of the molecule is O=C1CC(c2ccccc2)CC(O)(C(F)(F)F)N1. The zero-order chi connectivity index (χ0) is 13.4. The van der Waals surface area contributed by atoms with Crippen LogP contribution in [0.3, 0.4) is 0 Å². The van der Waals surface area contributed by atoms with Gasteiger partial charge >= 0.3 is 6.18 Å². The summed E-state index contributed by atoms with van der Waals surface area (Å²) >= 11 is 0. The Morgan fingerprint density at radius 3 is 2.44 bits per heavy atom. The fourth-order valence-corrected chi connectivity index (χ4v) is 2.13. The summed E-state index contributed by atoms with van der Waals surface area (Å²) in [4.78, 5) is 11.3. The lowest BCUT2D eigenvalue weighted by atomic mass is 9.84. The van der Waals surface area contributed by atoms with Crippen LogP contribution in [0, 0.1) is 0 Å². The van der Waals surface area contributed by atoms with Crippen LogP contribution in [0.25, 0.3) is 0 Å². The van der Waals surface area contributed by atoms with Crippen LogP contribution in [0.4, 0.5) is 13.2 Å². The molecule has 0 saturated carbocycles. The molecule has 2 unspecified atom stereocenters. The lowest BCUT2D eigenvalue weighted by molar-refractivity contribution is -0.278. The van der Waals surface area contributed by atoms with E-state index in [4.69, 9.17) is 0 Å². The fourth-order valence-electron chi connectivity index (χ4n) is 2.13. The predicted octanol–water partition coefficient (Wildman–Crippen LogP) is 1.93. The van der Waals surface area contributed by atoms with E-state index in [1.807, 2.05) is 0 Å². The number of hydrogen-bond acceptors (Lipinski definition) is 2. The van der Waals surface area contributed by atoms with Gasteiger partial charge in [-0.2, -0.15) is 13.2 Å². The highest BCUT2D eigenvalue weighted by Crippen LogP contribution is 2.40. The van der Waals surface area contributed by atoms with E-state index in [1.54, 1.807) is 35.6 Å². The summed E-state index contributed by atoms with van der Waals surface area (Å²) < 4.78 is 38.2. The Morgan fingerprint density at radius 2 is 1.89 bits per heavy atom. The van der Waals surface area contributed by atoms with Crippen molar-refractivity contribution in [2.75, 3.05) is 0 Å². The topological polar surface area (TPSA) is 49.3 Å². The molecular weight excluding hydrogens is 247 g/mol. The molecule has 2 atom stereocenters. The molecule has 1 fully saturated rings. The maximum atomic E-state index is 12.7. The highest BCUT2D eigenvalue weighted by molar-refractivity contribution is 5.78. The number of benzene rings is 1. The van der Waals surface area contributed by atoms with Crippen LogP contribution in [-0.2, 0) is 4.79 Å². The van der Waals surface area contributed by atoms with Crippen molar-refractivity contribution in [3.05, 3.63) is 35.9 Å². The van der Waals surface area contributed by atoms with Crippen molar-refractivity contribution in [3.63, 3.8) is 0 Å². The van der Waals surface area contributed by atoms with Crippen LogP contribution in [0.15, 0.2) is 30.3 Å². The van der Waals surface area contributed by atoms with Crippen molar-refractivity contribution < 1.29 is 23.1 Å². The molecule has 1 aromatic carbocycles. The summed E-state index contributed by atoms with van der Waals surface area (Å²) in [5.74, 6) is -1.43. The van der Waals surface area contributed by atoms with Crippen LogP contribution < -0.4 is 5.32 Å². The van der Waals surface area contributed by atoms with Gasteiger partial charge in [-0.05, 0) is 11.5 Å². The van der Waals surface area contributed by atoms with Crippen molar-refractivity contribution in [3.8, 4) is 0 Å². The molecule has 2 rings (SSSR count). The second-order valence-corrected chi connectivity index (χ2v) is 4.42. The first kappa shape index (κ1) is 12.9. The molecule has 3 nitrogen and oxygen atoms in total. The Bertz CT molecular complexity index is 446. The van der Waals surface area contributed by atoms with E-state index in [0.717, 1.165) is 0 Å². The molecule has 2 N–H and O–H groups in total. The van der Waals surface area contributed by atoms with Crippen molar-refractivity contribution in [1.82, 2.24) is 5.32 Å². The van der Waals surface area contributed by atoms with Gasteiger partial charge in [0.1, 0.15) is 0 Å². The molecule has 0 bridgehead atoms. The molecular formula is C12H12F3NO2. The van der Waals surface area contributed by atoms with Gasteiger partial charge in [-0.25, -0.2) is 0 Å². The van der Waals surface area contributed by atoms with E-state index in [-0.39, 0.29) is 6.42 Å². The van der Waals surface area contributed by atoms with Gasteiger partial charge in [-0.15, -0.1) is 0 Å². The van der Waals surface area contributed by atoms with Gasteiger partial charge in [0.2, 0.25) is 11.6 Å². The Labute approximate surface area is 102 Å². The summed E-state index contributed by atoms with van der Waals surface area (Å²) in [5.41, 5.74) is -2.52. The zero-order valence-electron chi connectivity index (χ0n) is 9.37. The van der Waals surface area contributed by atoms with Crippen LogP contribution in [-0.4, -0.2) is 22.9 Å². The van der Waals surface area contributed by atoms with E-state index in [2.05, 4.69) is 0 Å². The number of hydrogen-bond donors (Lipinski definition) is 2. The molecule has 1 aromatic rings. The van der Waals surface area contributed by atoms with Gasteiger partial charge < -0.3 is 10.4 Å². The molecule has 1 aliphatic heterocycles. The first-order valence-electron chi connectivity index (χ1n) is 5.47. The lowest BCUT2D eigenvalue weighted by Gasteiger charge is -2.38. The number of carbonyl (C=O) groups excluding carboxylic acids is 1. The monoisotopic (exact) mass is 259 g/mol. The van der Waals surface area contributed by atoms with Crippen molar-refractivity contribution in [1.29, 1.82) is 0 Å². The van der Waals surface area contributed by atoms with Gasteiger partial charge in [-0.1, -0.05) is 30.3 Å². The van der Waals surface area contributed by atoms with Gasteiger partial charge in [0, 0.05) is 12.8 Å². The molecule has 0 spiro atoms. The number of carbonyl (C=O) groups is 1. The van der Waals surface area contributed by atoms with Crippen molar-refractivity contribution in [2.45, 2.75) is 30.7 Å². The second kappa shape index (κ2) is 4.28. The number of halogens is 3. The smallest absolute Gasteiger partial charge is 0.363 e. The van der Waals surface area contributed by atoms with Crippen LogP contribution >= 0.6 is 0 Å². The molecule has 1 aliphatic rings. The lowest BCUT2D eigenvalue weighted by Crippen LogP contribution is -2.62. The molecule has 0 aliphatic carbocycles. The number of piperidine rings is 1. The maximum Gasteiger partial charge on any atom is 0.436 e. The summed E-state index contributed by atoms with van der Waals surface area (Å²) in [6.45, 7) is 0. The minimum absolute atomic E-state index is 0.0532. The standard InChI is InChI=1S/C12H12F3NO2/c13-12(14,15)11(18)7-9(6-10(17)16-11)8-4-2-1-3-5-8/h1-5,9,18H,6-7H2,(H,16,17). The summed E-state index contributed by atoms with van der Waals surface area (Å²) in [7, 11) is 0. The average molecular weight is 259 g/mol. The third kappa shape index (κ3) is 2.33. The normalized spacial score (nSPS) is 28.9. The van der Waals surface area contributed by atoms with Crippen molar-refractivity contribution in [2.24, 2.45) is 0 Å². The largest absolute Gasteiger partial charge is 0.436 e. The third-order valence-electron chi connectivity index (χ3n) is 3.06. The summed E-state index contributed by atoms with van der Waals surface area (Å²) in [6, 6.07) is 8.42. The van der Waals surface area contributed by atoms with Gasteiger partial charge in [0.05, 0.1) is 0 Å². The number of amides is 1. The second-order valence-electron chi connectivity index (χ2n) is 4.42. The third-order valence-corrected chi connectivity index (χ3v) is 3.06. The highest BCUT2D eigenvalue weighted by Gasteiger charge is 2.57. The van der Waals surface area contributed by atoms with Gasteiger partial charge in [0.15, 0.2) is 0 Å². The van der Waals surface area contributed by atoms with E-state index < -0.39 is 30.1 Å². The zero-order valence-corrected chi connectivity index (χ0v) is 9.37. The first-order chi connectivity index (χ1) is 8.32. The number of aliphatic hydroxyl groups is 1. The van der Waals surface area contributed by atoms with E-state index in [1.165, 1.54) is 0 Å². The summed E-state index contributed by atoms with van der Waals surface area (Å²) in [5, 5.41) is 11.2. The van der Waals surface area contributed by atoms with E-state index in [9.17, 15) is 23.1 Å². The van der Waals surface area contributed by atoms with Gasteiger partial charge in [0.25, 0.3) is 0 Å². The van der Waals surface area contributed by atoms with Crippen LogP contribution in [0.2, 0.25) is 0 Å². The first-order valence-corrected chi connectivity index (χ1v) is 5.47. The minimum Gasteiger partial charge on any atom is -0.363 e. The molecule has 0 radical (unpaired) electrons. The van der Waals surface area contributed by atoms with E-state index >= 15 is 0 Å². The molecule has 18 heavy (non-hydrogen) atoms. The van der Waals surface area contributed by atoms with Crippen LogP contribution in [0.1, 0.15) is 24.3 Å².